The second kappa shape index (κ2) is 6.79. The van der Waals surface area contributed by atoms with Crippen LogP contribution in [0.5, 0.6) is 0 Å². The molecule has 0 N–H and O–H groups in total. The van der Waals surface area contributed by atoms with Crippen molar-refractivity contribution in [2.75, 3.05) is 14.1 Å². The van der Waals surface area contributed by atoms with Crippen LogP contribution in [0.1, 0.15) is 31.2 Å². The fraction of sp³-hybridized carbons (Fsp3) is 0.562. The van der Waals surface area contributed by atoms with Gasteiger partial charge in [0, 0.05) is 20.0 Å². The highest BCUT2D eigenvalue weighted by Crippen LogP contribution is 2.29. The van der Waals surface area contributed by atoms with E-state index in [-0.39, 0.29) is 22.8 Å². The number of benzene rings is 1. The van der Waals surface area contributed by atoms with Gasteiger partial charge in [0.05, 0.1) is 11.0 Å². The van der Waals surface area contributed by atoms with Crippen LogP contribution < -0.4 is 0 Å². The SMILES string of the molecule is Cc1ccc(S(=O)(=O)OC2CCC(C(=O)N(C)C)CC2)cc1. The van der Waals surface area contributed by atoms with Crippen LogP contribution >= 0.6 is 0 Å². The Labute approximate surface area is 132 Å². The molecule has 0 radical (unpaired) electrons. The molecule has 1 fully saturated rings. The van der Waals surface area contributed by atoms with Gasteiger partial charge in [0.25, 0.3) is 10.1 Å². The molecule has 0 aliphatic heterocycles. The Morgan fingerprint density at radius 1 is 1.09 bits per heavy atom. The van der Waals surface area contributed by atoms with Crippen molar-refractivity contribution in [3.63, 3.8) is 0 Å². The molecule has 1 aromatic carbocycles. The molecule has 0 unspecified atom stereocenters. The molecular formula is C16H23NO4S. The molecule has 1 amide bonds. The quantitative estimate of drug-likeness (QED) is 0.797. The summed E-state index contributed by atoms with van der Waals surface area (Å²) in [5.74, 6) is 0.0942. The molecule has 1 saturated carbocycles. The zero-order valence-corrected chi connectivity index (χ0v) is 14.1. The fourth-order valence-electron chi connectivity index (χ4n) is 2.71. The highest BCUT2D eigenvalue weighted by molar-refractivity contribution is 7.86. The molecular weight excluding hydrogens is 302 g/mol. The molecule has 0 atom stereocenters. The van der Waals surface area contributed by atoms with Crippen LogP contribution in [-0.2, 0) is 19.1 Å². The van der Waals surface area contributed by atoms with E-state index in [2.05, 4.69) is 0 Å². The summed E-state index contributed by atoms with van der Waals surface area (Å²) in [5, 5.41) is 0. The van der Waals surface area contributed by atoms with E-state index in [0.717, 1.165) is 5.56 Å². The molecule has 1 aromatic rings. The van der Waals surface area contributed by atoms with Crippen LogP contribution in [0.15, 0.2) is 29.2 Å². The second-order valence-corrected chi connectivity index (χ2v) is 7.64. The summed E-state index contributed by atoms with van der Waals surface area (Å²) < 4.78 is 29.8. The number of carbonyl (C=O) groups is 1. The highest BCUT2D eigenvalue weighted by Gasteiger charge is 2.30. The van der Waals surface area contributed by atoms with E-state index in [1.54, 1.807) is 43.3 Å². The van der Waals surface area contributed by atoms with Crippen LogP contribution in [0.3, 0.4) is 0 Å². The molecule has 0 aromatic heterocycles. The van der Waals surface area contributed by atoms with Crippen molar-refractivity contribution < 1.29 is 17.4 Å². The van der Waals surface area contributed by atoms with Crippen molar-refractivity contribution in [3.05, 3.63) is 29.8 Å². The van der Waals surface area contributed by atoms with Crippen LogP contribution in [0.25, 0.3) is 0 Å². The number of nitrogens with zero attached hydrogens (tertiary/aromatic N) is 1. The summed E-state index contributed by atoms with van der Waals surface area (Å²) >= 11 is 0. The van der Waals surface area contributed by atoms with Gasteiger partial charge in [-0.1, -0.05) is 17.7 Å². The second-order valence-electron chi connectivity index (χ2n) is 6.07. The molecule has 122 valence electrons. The van der Waals surface area contributed by atoms with Gasteiger partial charge < -0.3 is 4.90 Å². The Hall–Kier alpha value is -1.40. The Kier molecular flexibility index (Phi) is 5.24. The van der Waals surface area contributed by atoms with Crippen molar-refractivity contribution in [3.8, 4) is 0 Å². The molecule has 0 saturated heterocycles. The highest BCUT2D eigenvalue weighted by atomic mass is 32.2. The first kappa shape index (κ1) is 17.0. The first-order valence-electron chi connectivity index (χ1n) is 7.51. The predicted octanol–water partition coefficient (Wildman–Crippen LogP) is 2.35. The number of hydrogen-bond donors (Lipinski definition) is 0. The summed E-state index contributed by atoms with van der Waals surface area (Å²) in [7, 11) is -0.240. The van der Waals surface area contributed by atoms with Gasteiger partial charge in [0.2, 0.25) is 5.91 Å². The zero-order valence-electron chi connectivity index (χ0n) is 13.3. The molecule has 2 rings (SSSR count). The third-order valence-electron chi connectivity index (χ3n) is 4.04. The number of aryl methyl sites for hydroxylation is 1. The minimum absolute atomic E-state index is 0.0167. The van der Waals surface area contributed by atoms with Gasteiger partial charge in [-0.3, -0.25) is 8.98 Å². The smallest absolute Gasteiger partial charge is 0.297 e. The van der Waals surface area contributed by atoms with E-state index in [4.69, 9.17) is 4.18 Å². The van der Waals surface area contributed by atoms with Crippen molar-refractivity contribution in [2.45, 2.75) is 43.6 Å². The van der Waals surface area contributed by atoms with Crippen LogP contribution in [0.2, 0.25) is 0 Å². The Morgan fingerprint density at radius 3 is 2.14 bits per heavy atom. The lowest BCUT2D eigenvalue weighted by molar-refractivity contribution is -0.134. The molecule has 1 aliphatic rings. The fourth-order valence-corrected chi connectivity index (χ4v) is 3.84. The topological polar surface area (TPSA) is 63.7 Å². The third kappa shape index (κ3) is 4.08. The lowest BCUT2D eigenvalue weighted by Crippen LogP contribution is -2.34. The molecule has 0 bridgehead atoms. The Balaban J connectivity index is 1.95. The maximum absolute atomic E-state index is 12.2. The molecule has 5 nitrogen and oxygen atoms in total. The van der Waals surface area contributed by atoms with Crippen LogP contribution in [0, 0.1) is 12.8 Å². The maximum Gasteiger partial charge on any atom is 0.297 e. The van der Waals surface area contributed by atoms with E-state index in [9.17, 15) is 13.2 Å². The van der Waals surface area contributed by atoms with Crippen molar-refractivity contribution in [2.24, 2.45) is 5.92 Å². The molecule has 0 heterocycles. The van der Waals surface area contributed by atoms with Crippen molar-refractivity contribution >= 4 is 16.0 Å². The summed E-state index contributed by atoms with van der Waals surface area (Å²) in [6.45, 7) is 1.90. The van der Waals surface area contributed by atoms with Gasteiger partial charge in [-0.15, -0.1) is 0 Å². The normalized spacial score (nSPS) is 22.3. The molecule has 0 spiro atoms. The lowest BCUT2D eigenvalue weighted by atomic mass is 9.87. The van der Waals surface area contributed by atoms with Gasteiger partial charge in [0.15, 0.2) is 0 Å². The van der Waals surface area contributed by atoms with Gasteiger partial charge in [-0.05, 0) is 44.7 Å². The van der Waals surface area contributed by atoms with E-state index in [1.807, 2.05) is 6.92 Å². The summed E-state index contributed by atoms with van der Waals surface area (Å²) in [6, 6.07) is 6.63. The van der Waals surface area contributed by atoms with Gasteiger partial charge in [0.1, 0.15) is 0 Å². The predicted molar refractivity (Wildman–Crippen MR) is 83.9 cm³/mol. The lowest BCUT2D eigenvalue weighted by Gasteiger charge is -2.28. The van der Waals surface area contributed by atoms with Crippen LogP contribution in [0.4, 0.5) is 0 Å². The largest absolute Gasteiger partial charge is 0.349 e. The minimum atomic E-state index is -3.73. The van der Waals surface area contributed by atoms with E-state index in [1.165, 1.54) is 0 Å². The van der Waals surface area contributed by atoms with E-state index in [0.29, 0.717) is 25.7 Å². The average molecular weight is 325 g/mol. The molecule has 6 heteroatoms. The minimum Gasteiger partial charge on any atom is -0.349 e. The van der Waals surface area contributed by atoms with Gasteiger partial charge in [-0.25, -0.2) is 0 Å². The zero-order chi connectivity index (χ0) is 16.3. The number of carbonyl (C=O) groups excluding carboxylic acids is 1. The van der Waals surface area contributed by atoms with Crippen molar-refractivity contribution in [1.82, 2.24) is 4.90 Å². The van der Waals surface area contributed by atoms with E-state index < -0.39 is 10.1 Å². The number of amides is 1. The Morgan fingerprint density at radius 2 is 1.64 bits per heavy atom. The Bertz CT molecular complexity index is 614. The average Bonchev–Trinajstić information content (AvgIpc) is 2.47. The van der Waals surface area contributed by atoms with Crippen molar-refractivity contribution in [1.29, 1.82) is 0 Å². The van der Waals surface area contributed by atoms with Gasteiger partial charge >= 0.3 is 0 Å². The number of hydrogen-bond acceptors (Lipinski definition) is 4. The monoisotopic (exact) mass is 325 g/mol. The summed E-state index contributed by atoms with van der Waals surface area (Å²) in [6.07, 6.45) is 2.19. The maximum atomic E-state index is 12.2. The summed E-state index contributed by atoms with van der Waals surface area (Å²) in [5.41, 5.74) is 1.00. The van der Waals surface area contributed by atoms with Crippen LogP contribution in [-0.4, -0.2) is 39.4 Å². The first-order valence-corrected chi connectivity index (χ1v) is 8.91. The van der Waals surface area contributed by atoms with E-state index >= 15 is 0 Å². The first-order chi connectivity index (χ1) is 10.3. The summed E-state index contributed by atoms with van der Waals surface area (Å²) in [4.78, 5) is 13.7. The van der Waals surface area contributed by atoms with Gasteiger partial charge in [-0.2, -0.15) is 8.42 Å². The standard InChI is InChI=1S/C16H23NO4S/c1-12-4-10-15(11-5-12)22(19,20)21-14-8-6-13(7-9-14)16(18)17(2)3/h4-5,10-11,13-14H,6-9H2,1-3H3. The number of rotatable bonds is 4. The molecule has 1 aliphatic carbocycles. The third-order valence-corrected chi connectivity index (χ3v) is 5.41. The molecule has 22 heavy (non-hydrogen) atoms.